The van der Waals surface area contributed by atoms with Gasteiger partial charge in [-0.25, -0.2) is 0 Å². The van der Waals surface area contributed by atoms with Gasteiger partial charge in [-0.2, -0.15) is 0 Å². The summed E-state index contributed by atoms with van der Waals surface area (Å²) in [6.45, 7) is 0.284. The van der Waals surface area contributed by atoms with Gasteiger partial charge in [0.1, 0.15) is 0 Å². The van der Waals surface area contributed by atoms with E-state index in [1.807, 2.05) is 0 Å². The van der Waals surface area contributed by atoms with Gasteiger partial charge in [0.2, 0.25) is 0 Å². The Morgan fingerprint density at radius 3 is 2.59 bits per heavy atom. The minimum Gasteiger partial charge on any atom is -0.388 e. The molecule has 0 aromatic heterocycles. The van der Waals surface area contributed by atoms with Crippen LogP contribution in [-0.4, -0.2) is 23.2 Å². The monoisotopic (exact) mass is 273 g/mol. The van der Waals surface area contributed by atoms with Gasteiger partial charge in [-0.3, -0.25) is 4.79 Å². The van der Waals surface area contributed by atoms with Crippen molar-refractivity contribution in [2.75, 3.05) is 6.54 Å². The van der Waals surface area contributed by atoms with E-state index in [1.165, 1.54) is 6.07 Å². The molecule has 1 saturated carbocycles. The molecule has 1 aromatic rings. The van der Waals surface area contributed by atoms with Crippen molar-refractivity contribution in [3.05, 3.63) is 33.8 Å². The third-order valence-corrected chi connectivity index (χ3v) is 3.78. The first kappa shape index (κ1) is 12.7. The summed E-state index contributed by atoms with van der Waals surface area (Å²) in [6, 6.07) is 4.70. The topological polar surface area (TPSA) is 49.3 Å². The summed E-state index contributed by atoms with van der Waals surface area (Å²) in [7, 11) is 0. The minimum absolute atomic E-state index is 0.246. The SMILES string of the molecule is O=C(NCC1(O)CCC1)c1ccc(Cl)c(Cl)c1. The maximum absolute atomic E-state index is 11.8. The van der Waals surface area contributed by atoms with E-state index in [9.17, 15) is 9.90 Å². The number of benzene rings is 1. The molecule has 0 saturated heterocycles. The fourth-order valence-corrected chi connectivity index (χ4v) is 2.04. The standard InChI is InChI=1S/C12H13Cl2NO2/c13-9-3-2-8(6-10(9)14)11(16)15-7-12(17)4-1-5-12/h2-3,6,17H,1,4-5,7H2,(H,15,16). The molecule has 0 atom stereocenters. The van der Waals surface area contributed by atoms with Gasteiger partial charge in [0, 0.05) is 12.1 Å². The lowest BCUT2D eigenvalue weighted by atomic mass is 9.80. The maximum Gasteiger partial charge on any atom is 0.251 e. The van der Waals surface area contributed by atoms with Crippen molar-refractivity contribution in [2.24, 2.45) is 0 Å². The highest BCUT2D eigenvalue weighted by molar-refractivity contribution is 6.42. The van der Waals surface area contributed by atoms with Crippen molar-refractivity contribution < 1.29 is 9.90 Å². The Hall–Kier alpha value is -0.770. The molecule has 1 aliphatic rings. The number of hydrogen-bond donors (Lipinski definition) is 2. The summed E-state index contributed by atoms with van der Waals surface area (Å²) in [4.78, 5) is 11.8. The van der Waals surface area contributed by atoms with Crippen molar-refractivity contribution in [1.29, 1.82) is 0 Å². The number of hydrogen-bond acceptors (Lipinski definition) is 2. The Balaban J connectivity index is 1.97. The molecule has 3 nitrogen and oxygen atoms in total. The molecule has 0 radical (unpaired) electrons. The number of halogens is 2. The Kier molecular flexibility index (Phi) is 3.61. The molecular formula is C12H13Cl2NO2. The predicted octanol–water partition coefficient (Wildman–Crippen LogP) is 2.64. The number of aliphatic hydroxyl groups is 1. The first-order valence-corrected chi connectivity index (χ1v) is 6.21. The Bertz CT molecular complexity index is 444. The number of carbonyl (C=O) groups is 1. The van der Waals surface area contributed by atoms with E-state index < -0.39 is 5.60 Å². The lowest BCUT2D eigenvalue weighted by Gasteiger charge is -2.36. The largest absolute Gasteiger partial charge is 0.388 e. The molecule has 5 heteroatoms. The van der Waals surface area contributed by atoms with Gasteiger partial charge in [0.05, 0.1) is 15.6 Å². The summed E-state index contributed by atoms with van der Waals surface area (Å²) >= 11 is 11.6. The number of rotatable bonds is 3. The zero-order valence-corrected chi connectivity index (χ0v) is 10.7. The molecular weight excluding hydrogens is 261 g/mol. The molecule has 1 fully saturated rings. The summed E-state index contributed by atoms with van der Waals surface area (Å²) in [5, 5.41) is 13.3. The van der Waals surface area contributed by atoms with E-state index in [1.54, 1.807) is 12.1 Å². The van der Waals surface area contributed by atoms with E-state index >= 15 is 0 Å². The van der Waals surface area contributed by atoms with Crippen LogP contribution in [0, 0.1) is 0 Å². The molecule has 1 aromatic carbocycles. The lowest BCUT2D eigenvalue weighted by Crippen LogP contribution is -2.47. The molecule has 1 aliphatic carbocycles. The quantitative estimate of drug-likeness (QED) is 0.890. The van der Waals surface area contributed by atoms with Gasteiger partial charge < -0.3 is 10.4 Å². The van der Waals surface area contributed by atoms with Crippen LogP contribution in [0.25, 0.3) is 0 Å². The van der Waals surface area contributed by atoms with E-state index in [4.69, 9.17) is 23.2 Å². The highest BCUT2D eigenvalue weighted by Crippen LogP contribution is 2.30. The third-order valence-electron chi connectivity index (χ3n) is 3.04. The average Bonchev–Trinajstić information content (AvgIpc) is 2.27. The lowest BCUT2D eigenvalue weighted by molar-refractivity contribution is -0.0300. The summed E-state index contributed by atoms with van der Waals surface area (Å²) < 4.78 is 0. The van der Waals surface area contributed by atoms with Gasteiger partial charge >= 0.3 is 0 Å². The third kappa shape index (κ3) is 2.92. The van der Waals surface area contributed by atoms with Crippen molar-refractivity contribution in [1.82, 2.24) is 5.32 Å². The average molecular weight is 274 g/mol. The normalized spacial score (nSPS) is 17.4. The van der Waals surface area contributed by atoms with E-state index in [0.717, 1.165) is 19.3 Å². The van der Waals surface area contributed by atoms with Gasteiger partial charge in [-0.15, -0.1) is 0 Å². The van der Waals surface area contributed by atoms with E-state index in [2.05, 4.69) is 5.32 Å². The molecule has 17 heavy (non-hydrogen) atoms. The van der Waals surface area contributed by atoms with Gasteiger partial charge in [0.15, 0.2) is 0 Å². The second-order valence-electron chi connectivity index (χ2n) is 4.39. The fourth-order valence-electron chi connectivity index (χ4n) is 1.75. The second-order valence-corrected chi connectivity index (χ2v) is 5.20. The van der Waals surface area contributed by atoms with Crippen molar-refractivity contribution >= 4 is 29.1 Å². The molecule has 1 amide bonds. The van der Waals surface area contributed by atoms with Crippen LogP contribution in [0.3, 0.4) is 0 Å². The molecule has 0 bridgehead atoms. The molecule has 0 heterocycles. The van der Waals surface area contributed by atoms with Gasteiger partial charge in [0.25, 0.3) is 5.91 Å². The Labute approximate surface area is 110 Å². The van der Waals surface area contributed by atoms with Crippen molar-refractivity contribution in [3.8, 4) is 0 Å². The first-order chi connectivity index (χ1) is 8.00. The first-order valence-electron chi connectivity index (χ1n) is 5.46. The van der Waals surface area contributed by atoms with Crippen LogP contribution in [0.5, 0.6) is 0 Å². The fraction of sp³-hybridized carbons (Fsp3) is 0.417. The minimum atomic E-state index is -0.716. The van der Waals surface area contributed by atoms with Crippen LogP contribution in [0.15, 0.2) is 18.2 Å². The highest BCUT2D eigenvalue weighted by Gasteiger charge is 2.34. The van der Waals surface area contributed by atoms with Crippen molar-refractivity contribution in [3.63, 3.8) is 0 Å². The van der Waals surface area contributed by atoms with E-state index in [0.29, 0.717) is 15.6 Å². The number of amides is 1. The van der Waals surface area contributed by atoms with E-state index in [-0.39, 0.29) is 12.5 Å². The zero-order valence-electron chi connectivity index (χ0n) is 9.17. The maximum atomic E-state index is 11.8. The smallest absolute Gasteiger partial charge is 0.251 e. The number of nitrogens with one attached hydrogen (secondary N) is 1. The molecule has 2 rings (SSSR count). The van der Waals surface area contributed by atoms with Gasteiger partial charge in [-0.05, 0) is 37.5 Å². The summed E-state index contributed by atoms with van der Waals surface area (Å²) in [5.74, 6) is -0.246. The number of carbonyl (C=O) groups excluding carboxylic acids is 1. The van der Waals surface area contributed by atoms with Crippen molar-refractivity contribution in [2.45, 2.75) is 24.9 Å². The zero-order chi connectivity index (χ0) is 12.5. The molecule has 92 valence electrons. The Morgan fingerprint density at radius 2 is 2.06 bits per heavy atom. The molecule has 0 spiro atoms. The van der Waals surface area contributed by atoms with Crippen LogP contribution < -0.4 is 5.32 Å². The molecule has 0 unspecified atom stereocenters. The van der Waals surface area contributed by atoms with Crippen LogP contribution in [0.2, 0.25) is 10.0 Å². The van der Waals surface area contributed by atoms with Crippen LogP contribution in [-0.2, 0) is 0 Å². The van der Waals surface area contributed by atoms with Crippen LogP contribution in [0.4, 0.5) is 0 Å². The summed E-state index contributed by atoms with van der Waals surface area (Å²) in [6.07, 6.45) is 2.50. The van der Waals surface area contributed by atoms with Crippen LogP contribution >= 0.6 is 23.2 Å². The molecule has 0 aliphatic heterocycles. The second kappa shape index (κ2) is 4.84. The predicted molar refractivity (Wildman–Crippen MR) is 67.6 cm³/mol. The Morgan fingerprint density at radius 1 is 1.35 bits per heavy atom. The van der Waals surface area contributed by atoms with Gasteiger partial charge in [-0.1, -0.05) is 23.2 Å². The highest BCUT2D eigenvalue weighted by atomic mass is 35.5. The van der Waals surface area contributed by atoms with Crippen LogP contribution in [0.1, 0.15) is 29.6 Å². The summed E-state index contributed by atoms with van der Waals surface area (Å²) in [5.41, 5.74) is -0.270. The molecule has 2 N–H and O–H groups in total.